The molecule has 3 atom stereocenters. The number of carbonyl (C=O) groups is 3. The number of esters is 1. The van der Waals surface area contributed by atoms with Crippen LogP contribution in [0.25, 0.3) is 0 Å². The third-order valence-electron chi connectivity index (χ3n) is 6.20. The van der Waals surface area contributed by atoms with Gasteiger partial charge in [-0.05, 0) is 49.0 Å². The Kier molecular flexibility index (Phi) is 6.17. The average Bonchev–Trinajstić information content (AvgIpc) is 3.03. The van der Waals surface area contributed by atoms with Crippen LogP contribution in [0.5, 0.6) is 0 Å². The number of fused-ring (bicyclic) bond motifs is 1. The summed E-state index contributed by atoms with van der Waals surface area (Å²) in [5.41, 5.74) is 1.57. The van der Waals surface area contributed by atoms with Crippen molar-refractivity contribution in [2.24, 2.45) is 23.2 Å². The number of carboxylic acid groups (broad SMARTS) is 1. The molecule has 2 N–H and O–H groups in total. The predicted molar refractivity (Wildman–Crippen MR) is 112 cm³/mol. The summed E-state index contributed by atoms with van der Waals surface area (Å²) < 4.78 is 4.99. The van der Waals surface area contributed by atoms with Crippen molar-refractivity contribution in [2.45, 2.75) is 52.9 Å². The molecule has 0 spiro atoms. The zero-order valence-electron chi connectivity index (χ0n) is 17.4. The van der Waals surface area contributed by atoms with Crippen LogP contribution in [0.15, 0.2) is 12.2 Å². The van der Waals surface area contributed by atoms with Gasteiger partial charge >= 0.3 is 11.9 Å². The van der Waals surface area contributed by atoms with E-state index in [1.807, 2.05) is 6.08 Å². The van der Waals surface area contributed by atoms with E-state index in [0.29, 0.717) is 29.3 Å². The number of rotatable bonds is 4. The fourth-order valence-corrected chi connectivity index (χ4v) is 5.63. The number of aliphatic carboxylic acids is 1. The SMILES string of the molecule is COC(=O)c1c(NC(=O)[C@@H]2CC=CC[C@H]2C(=O)O)sc2c1CC[C@@H](C(C)(C)C)C2. The molecule has 2 aliphatic rings. The van der Waals surface area contributed by atoms with Crippen molar-refractivity contribution >= 4 is 34.2 Å². The van der Waals surface area contributed by atoms with Crippen LogP contribution in [-0.2, 0) is 27.2 Å². The molecule has 0 radical (unpaired) electrons. The fraction of sp³-hybridized carbons (Fsp3) is 0.591. The third kappa shape index (κ3) is 4.39. The van der Waals surface area contributed by atoms with Crippen molar-refractivity contribution in [1.29, 1.82) is 0 Å². The number of hydrogen-bond acceptors (Lipinski definition) is 5. The molecule has 1 heterocycles. The Bertz CT molecular complexity index is 848. The van der Waals surface area contributed by atoms with E-state index < -0.39 is 23.8 Å². The van der Waals surface area contributed by atoms with Gasteiger partial charge in [-0.3, -0.25) is 9.59 Å². The number of amides is 1. The minimum Gasteiger partial charge on any atom is -0.481 e. The summed E-state index contributed by atoms with van der Waals surface area (Å²) in [6.07, 6.45) is 7.00. The quantitative estimate of drug-likeness (QED) is 0.561. The smallest absolute Gasteiger partial charge is 0.341 e. The van der Waals surface area contributed by atoms with Gasteiger partial charge < -0.3 is 15.2 Å². The van der Waals surface area contributed by atoms with Gasteiger partial charge in [-0.2, -0.15) is 0 Å². The van der Waals surface area contributed by atoms with Gasteiger partial charge in [-0.1, -0.05) is 32.9 Å². The molecule has 6 nitrogen and oxygen atoms in total. The lowest BCUT2D eigenvalue weighted by Gasteiger charge is -2.33. The van der Waals surface area contributed by atoms with Crippen molar-refractivity contribution < 1.29 is 24.2 Å². The Morgan fingerprint density at radius 3 is 2.41 bits per heavy atom. The van der Waals surface area contributed by atoms with Crippen LogP contribution < -0.4 is 5.32 Å². The summed E-state index contributed by atoms with van der Waals surface area (Å²) in [4.78, 5) is 38.1. The van der Waals surface area contributed by atoms with E-state index >= 15 is 0 Å². The maximum Gasteiger partial charge on any atom is 0.341 e. The van der Waals surface area contributed by atoms with Crippen LogP contribution >= 0.6 is 11.3 Å². The maximum atomic E-state index is 12.9. The topological polar surface area (TPSA) is 92.7 Å². The lowest BCUT2D eigenvalue weighted by molar-refractivity contribution is -0.146. The minimum atomic E-state index is -0.971. The van der Waals surface area contributed by atoms with Gasteiger partial charge in [0.25, 0.3) is 0 Å². The van der Waals surface area contributed by atoms with Gasteiger partial charge in [0.15, 0.2) is 0 Å². The lowest BCUT2D eigenvalue weighted by atomic mass is 9.72. The number of nitrogens with one attached hydrogen (secondary N) is 1. The Morgan fingerprint density at radius 1 is 1.17 bits per heavy atom. The zero-order valence-corrected chi connectivity index (χ0v) is 18.2. The Labute approximate surface area is 175 Å². The predicted octanol–water partition coefficient (Wildman–Crippen LogP) is 4.29. The second-order valence-corrected chi connectivity index (χ2v) is 10.1. The molecule has 1 aromatic heterocycles. The first kappa shape index (κ1) is 21.6. The highest BCUT2D eigenvalue weighted by atomic mass is 32.1. The van der Waals surface area contributed by atoms with Gasteiger partial charge in [-0.15, -0.1) is 11.3 Å². The van der Waals surface area contributed by atoms with Crippen molar-refractivity contribution in [3.63, 3.8) is 0 Å². The van der Waals surface area contributed by atoms with Gasteiger partial charge in [0.2, 0.25) is 5.91 Å². The Balaban J connectivity index is 1.90. The number of carboxylic acids is 1. The number of allylic oxidation sites excluding steroid dienone is 2. The summed E-state index contributed by atoms with van der Waals surface area (Å²) in [6, 6.07) is 0. The van der Waals surface area contributed by atoms with Gasteiger partial charge in [-0.25, -0.2) is 4.79 Å². The van der Waals surface area contributed by atoms with Crippen molar-refractivity contribution in [3.8, 4) is 0 Å². The number of methoxy groups -OCH3 is 1. The van der Waals surface area contributed by atoms with E-state index in [1.54, 1.807) is 6.08 Å². The molecule has 2 aliphatic carbocycles. The van der Waals surface area contributed by atoms with Crippen LogP contribution in [0, 0.1) is 23.2 Å². The number of thiophene rings is 1. The highest BCUT2D eigenvalue weighted by Gasteiger charge is 2.37. The van der Waals surface area contributed by atoms with Gasteiger partial charge in [0.1, 0.15) is 5.00 Å². The van der Waals surface area contributed by atoms with Gasteiger partial charge in [0.05, 0.1) is 24.5 Å². The maximum absolute atomic E-state index is 12.9. The molecule has 0 aromatic carbocycles. The monoisotopic (exact) mass is 419 g/mol. The van der Waals surface area contributed by atoms with E-state index in [-0.39, 0.29) is 11.3 Å². The first-order valence-corrected chi connectivity index (χ1v) is 10.9. The molecule has 0 saturated heterocycles. The first-order chi connectivity index (χ1) is 13.6. The lowest BCUT2D eigenvalue weighted by Crippen LogP contribution is -2.34. The number of carbonyl (C=O) groups excluding carboxylic acids is 2. The first-order valence-electron chi connectivity index (χ1n) is 10.0. The summed E-state index contributed by atoms with van der Waals surface area (Å²) in [7, 11) is 1.34. The molecule has 1 aromatic rings. The van der Waals surface area contributed by atoms with Crippen LogP contribution in [-0.4, -0.2) is 30.1 Å². The molecule has 158 valence electrons. The number of anilines is 1. The van der Waals surface area contributed by atoms with Crippen molar-refractivity contribution in [3.05, 3.63) is 28.2 Å². The largest absolute Gasteiger partial charge is 0.481 e. The summed E-state index contributed by atoms with van der Waals surface area (Å²) in [5, 5.41) is 12.8. The Hall–Kier alpha value is -2.15. The second kappa shape index (κ2) is 8.30. The highest BCUT2D eigenvalue weighted by molar-refractivity contribution is 7.17. The van der Waals surface area contributed by atoms with E-state index in [2.05, 4.69) is 26.1 Å². The van der Waals surface area contributed by atoms with E-state index in [1.165, 1.54) is 18.4 Å². The molecule has 0 unspecified atom stereocenters. The molecule has 0 saturated carbocycles. The summed E-state index contributed by atoms with van der Waals surface area (Å²) >= 11 is 1.43. The fourth-order valence-electron chi connectivity index (χ4n) is 4.31. The van der Waals surface area contributed by atoms with Crippen molar-refractivity contribution in [1.82, 2.24) is 0 Å². The molecular weight excluding hydrogens is 390 g/mol. The van der Waals surface area contributed by atoms with Gasteiger partial charge in [0, 0.05) is 4.88 Å². The van der Waals surface area contributed by atoms with Crippen LogP contribution in [0.4, 0.5) is 5.00 Å². The minimum absolute atomic E-state index is 0.166. The highest BCUT2D eigenvalue weighted by Crippen LogP contribution is 2.44. The normalized spacial score (nSPS) is 23.9. The molecule has 0 fully saturated rings. The molecule has 29 heavy (non-hydrogen) atoms. The molecule has 7 heteroatoms. The zero-order chi connectivity index (χ0) is 21.3. The molecule has 1 amide bonds. The standard InChI is InChI=1S/C22H29NO5S/c1-22(2,3)12-9-10-15-16(11-12)29-19(17(15)21(27)28-4)23-18(24)13-7-5-6-8-14(13)20(25)26/h5-6,12-14H,7-11H2,1-4H3,(H,23,24)(H,25,26)/t12-,13-,14-/m1/s1. The summed E-state index contributed by atoms with van der Waals surface area (Å²) in [5.74, 6) is -2.67. The molecular formula is C22H29NO5S. The van der Waals surface area contributed by atoms with Crippen LogP contribution in [0.1, 0.15) is 60.8 Å². The second-order valence-electron chi connectivity index (χ2n) is 8.99. The average molecular weight is 420 g/mol. The molecule has 0 bridgehead atoms. The van der Waals surface area contributed by atoms with Crippen LogP contribution in [0.2, 0.25) is 0 Å². The van der Waals surface area contributed by atoms with Crippen molar-refractivity contribution in [2.75, 3.05) is 12.4 Å². The number of ether oxygens (including phenoxy) is 1. The summed E-state index contributed by atoms with van der Waals surface area (Å²) in [6.45, 7) is 6.68. The number of hydrogen-bond donors (Lipinski definition) is 2. The molecule has 3 rings (SSSR count). The van der Waals surface area contributed by atoms with Crippen LogP contribution in [0.3, 0.4) is 0 Å². The Morgan fingerprint density at radius 2 is 1.83 bits per heavy atom. The van der Waals surface area contributed by atoms with E-state index in [4.69, 9.17) is 4.74 Å². The van der Waals surface area contributed by atoms with E-state index in [0.717, 1.165) is 29.7 Å². The third-order valence-corrected chi connectivity index (χ3v) is 7.37. The van der Waals surface area contributed by atoms with E-state index in [9.17, 15) is 19.5 Å². The molecule has 0 aliphatic heterocycles.